The number of amides is 1. The summed E-state index contributed by atoms with van der Waals surface area (Å²) in [5, 5.41) is 28.8. The van der Waals surface area contributed by atoms with Gasteiger partial charge < -0.3 is 34.5 Å². The van der Waals surface area contributed by atoms with Gasteiger partial charge in [0, 0.05) is 86.9 Å². The maximum absolute atomic E-state index is 14.5. The molecule has 11 nitrogen and oxygen atoms in total. The van der Waals surface area contributed by atoms with Crippen LogP contribution in [0.4, 0.5) is 5.69 Å². The number of likely N-dealkylation sites (tertiary alicyclic amines) is 1. The van der Waals surface area contributed by atoms with Crippen molar-refractivity contribution < 1.29 is 38.7 Å². The first-order valence-corrected chi connectivity index (χ1v) is 18.5. The smallest absolute Gasteiger partial charge is 0.340 e. The molecule has 1 saturated heterocycles. The minimum Gasteiger partial charge on any atom is -0.454 e. The van der Waals surface area contributed by atoms with Crippen LogP contribution < -0.4 is 5.32 Å². The monoisotopic (exact) mass is 701 g/mol. The van der Waals surface area contributed by atoms with Gasteiger partial charge in [-0.25, -0.2) is 4.79 Å². The summed E-state index contributed by atoms with van der Waals surface area (Å²) in [5.41, 5.74) is -1.22. The first-order valence-electron chi connectivity index (χ1n) is 18.5. The Bertz CT molecular complexity index is 1750. The van der Waals surface area contributed by atoms with Crippen LogP contribution in [0.3, 0.4) is 0 Å². The number of piperidine rings is 1. The first kappa shape index (κ1) is 34.9. The number of nitrogens with zero attached hydrogens (tertiary/aromatic N) is 2. The van der Waals surface area contributed by atoms with Crippen molar-refractivity contribution in [3.8, 4) is 0 Å². The van der Waals surface area contributed by atoms with E-state index in [1.54, 1.807) is 51.7 Å². The van der Waals surface area contributed by atoms with Crippen LogP contribution in [0.2, 0.25) is 0 Å². The largest absolute Gasteiger partial charge is 0.454 e. The highest BCUT2D eigenvalue weighted by Crippen LogP contribution is 2.79. The van der Waals surface area contributed by atoms with Gasteiger partial charge in [0.05, 0.1) is 29.6 Å². The molecule has 2 unspecified atom stereocenters. The molecule has 11 heteroatoms. The molecule has 1 aromatic heterocycles. The third-order valence-corrected chi connectivity index (χ3v) is 14.1. The fourth-order valence-electron chi connectivity index (χ4n) is 12.7. The Balaban J connectivity index is 1.15. The quantitative estimate of drug-likeness (QED) is 0.261. The lowest BCUT2D eigenvalue weighted by Gasteiger charge is -2.70. The van der Waals surface area contributed by atoms with Gasteiger partial charge in [-0.05, 0) is 82.0 Å². The Hall–Kier alpha value is -3.19. The number of likely N-dealkylation sites (N-methyl/N-ethyl adjacent to an activating group) is 1. The molecular formula is C40H51N3O8. The predicted molar refractivity (Wildman–Crippen MR) is 189 cm³/mol. The van der Waals surface area contributed by atoms with E-state index < -0.39 is 34.3 Å². The SMILES string of the molecule is CCN1C[C@]2(OC(=O)c3ccccc3NC(=O)/C=C/c3cc(C)nc(C)c3)CC[C@H](OC)[C@]34C1[C@@H](C[C@H]23)[C@@]1(O)C[C@H](OC)[C@H]2C[C@@H]4[C@]1(O)C2OC. The third-order valence-electron chi connectivity index (χ3n) is 14.1. The van der Waals surface area contributed by atoms with Gasteiger partial charge in [-0.1, -0.05) is 19.1 Å². The molecule has 7 bridgehead atoms. The van der Waals surface area contributed by atoms with E-state index in [0.717, 1.165) is 17.0 Å². The second-order valence-electron chi connectivity index (χ2n) is 16.0. The number of anilines is 1. The molecule has 8 rings (SSSR count). The number of esters is 1. The van der Waals surface area contributed by atoms with Crippen LogP contribution in [-0.2, 0) is 23.7 Å². The molecule has 3 N–H and O–H groups in total. The molecule has 2 aromatic rings. The molecule has 5 saturated carbocycles. The second kappa shape index (κ2) is 12.2. The number of hydrogen-bond donors (Lipinski definition) is 3. The van der Waals surface area contributed by atoms with Crippen molar-refractivity contribution in [3.63, 3.8) is 0 Å². The van der Waals surface area contributed by atoms with Crippen LogP contribution in [0.25, 0.3) is 6.08 Å². The number of aryl methyl sites for hydroxylation is 2. The highest BCUT2D eigenvalue weighted by atomic mass is 16.6. The molecule has 274 valence electrons. The molecule has 12 atom stereocenters. The van der Waals surface area contributed by atoms with Crippen molar-refractivity contribution in [1.29, 1.82) is 0 Å². The molecule has 6 fully saturated rings. The van der Waals surface area contributed by atoms with E-state index in [2.05, 4.69) is 22.1 Å². The Morgan fingerprint density at radius 3 is 2.47 bits per heavy atom. The van der Waals surface area contributed by atoms with E-state index in [0.29, 0.717) is 50.9 Å². The topological polar surface area (TPSA) is 140 Å². The fourth-order valence-corrected chi connectivity index (χ4v) is 12.7. The van der Waals surface area contributed by atoms with Gasteiger partial charge in [0.1, 0.15) is 16.8 Å². The zero-order chi connectivity index (χ0) is 36.1. The zero-order valence-corrected chi connectivity index (χ0v) is 30.4. The van der Waals surface area contributed by atoms with Gasteiger partial charge in [0.2, 0.25) is 5.91 Å². The van der Waals surface area contributed by atoms with E-state index in [-0.39, 0.29) is 53.4 Å². The molecule has 5 aliphatic carbocycles. The number of rotatable bonds is 9. The molecule has 1 aromatic carbocycles. The van der Waals surface area contributed by atoms with Crippen LogP contribution in [-0.4, -0.2) is 108 Å². The summed E-state index contributed by atoms with van der Waals surface area (Å²) in [6.45, 7) is 7.14. The third kappa shape index (κ3) is 4.61. The number of hydrogen-bond acceptors (Lipinski definition) is 10. The number of carbonyl (C=O) groups excluding carboxylic acids is 2. The van der Waals surface area contributed by atoms with E-state index in [4.69, 9.17) is 18.9 Å². The van der Waals surface area contributed by atoms with Gasteiger partial charge in [-0.2, -0.15) is 0 Å². The lowest BCUT2D eigenvalue weighted by atomic mass is 9.44. The standard InChI is InChI=1S/C40H51N3O8/c1-7-43-21-37(51-36(45)25-10-8-9-11-28(25)42-33(44)13-12-24-16-22(2)41-23(3)17-24)15-14-32(49-5)39-30(37)19-27(34(39)43)38(46)20-29(48-4)26-18-31(39)40(38,47)35(26)50-6/h8-13,16-17,26-27,29-32,34-35,46-47H,7,14-15,18-21H2,1-6H3,(H,42,44)/b13-12+/t26-,27-,29+,30-,31+,32+,34?,35?,37-,38+,39+,40+/m1/s1. The first-order chi connectivity index (χ1) is 24.4. The Morgan fingerprint density at radius 2 is 1.78 bits per heavy atom. The van der Waals surface area contributed by atoms with Gasteiger partial charge in [0.25, 0.3) is 0 Å². The number of aromatic nitrogens is 1. The molecule has 2 heterocycles. The van der Waals surface area contributed by atoms with E-state index >= 15 is 0 Å². The maximum Gasteiger partial charge on any atom is 0.340 e. The van der Waals surface area contributed by atoms with E-state index in [1.807, 2.05) is 26.0 Å². The minimum atomic E-state index is -1.50. The molecule has 0 radical (unpaired) electrons. The maximum atomic E-state index is 14.5. The molecule has 1 spiro atoms. The predicted octanol–water partition coefficient (Wildman–Crippen LogP) is 3.93. The number of nitrogens with one attached hydrogen (secondary N) is 1. The number of para-hydroxylation sites is 1. The summed E-state index contributed by atoms with van der Waals surface area (Å²) in [7, 11) is 5.06. The molecule has 6 aliphatic rings. The van der Waals surface area contributed by atoms with Crippen molar-refractivity contribution in [2.75, 3.05) is 39.7 Å². The Morgan fingerprint density at radius 1 is 1.04 bits per heavy atom. The molecule has 1 aliphatic heterocycles. The van der Waals surface area contributed by atoms with Gasteiger partial charge in [0.15, 0.2) is 0 Å². The molecule has 1 amide bonds. The number of methoxy groups -OCH3 is 3. The molecule has 51 heavy (non-hydrogen) atoms. The van der Waals surface area contributed by atoms with Crippen LogP contribution in [0.15, 0.2) is 42.5 Å². The highest BCUT2D eigenvalue weighted by molar-refractivity contribution is 6.06. The Labute approximate surface area is 299 Å². The van der Waals surface area contributed by atoms with Crippen molar-refractivity contribution in [1.82, 2.24) is 9.88 Å². The van der Waals surface area contributed by atoms with Crippen molar-refractivity contribution >= 4 is 23.6 Å². The summed E-state index contributed by atoms with van der Waals surface area (Å²) in [5.74, 6) is -1.79. The lowest BCUT2D eigenvalue weighted by molar-refractivity contribution is -0.337. The Kier molecular flexibility index (Phi) is 8.33. The van der Waals surface area contributed by atoms with Gasteiger partial charge in [-0.15, -0.1) is 0 Å². The fraction of sp³-hybridized carbons (Fsp3) is 0.625. The average molecular weight is 702 g/mol. The normalized spacial score (nSPS) is 41.9. The highest BCUT2D eigenvalue weighted by Gasteiger charge is 2.89. The summed E-state index contributed by atoms with van der Waals surface area (Å²) >= 11 is 0. The number of fused-ring (bicyclic) bond motifs is 2. The van der Waals surface area contributed by atoms with Crippen LogP contribution in [0, 0.1) is 42.9 Å². The van der Waals surface area contributed by atoms with Crippen LogP contribution >= 0.6 is 0 Å². The van der Waals surface area contributed by atoms with Crippen LogP contribution in [0.5, 0.6) is 0 Å². The number of ether oxygens (including phenoxy) is 4. The van der Waals surface area contributed by atoms with Crippen molar-refractivity contribution in [2.24, 2.45) is 29.1 Å². The van der Waals surface area contributed by atoms with Crippen molar-refractivity contribution in [3.05, 3.63) is 65.0 Å². The second-order valence-corrected chi connectivity index (χ2v) is 16.0. The minimum absolute atomic E-state index is 0.0713. The van der Waals surface area contributed by atoms with Crippen molar-refractivity contribution in [2.45, 2.75) is 94.0 Å². The van der Waals surface area contributed by atoms with Crippen LogP contribution in [0.1, 0.15) is 66.3 Å². The number of benzene rings is 1. The van der Waals surface area contributed by atoms with Gasteiger partial charge >= 0.3 is 5.97 Å². The number of aliphatic hydroxyl groups is 2. The lowest BCUT2D eigenvalue weighted by Crippen LogP contribution is -2.83. The summed E-state index contributed by atoms with van der Waals surface area (Å²) in [6, 6.07) is 10.7. The van der Waals surface area contributed by atoms with E-state index in [9.17, 15) is 19.8 Å². The van der Waals surface area contributed by atoms with Gasteiger partial charge in [-0.3, -0.25) is 14.7 Å². The van der Waals surface area contributed by atoms with E-state index in [1.165, 1.54) is 6.08 Å². The number of pyridine rings is 1. The zero-order valence-electron chi connectivity index (χ0n) is 30.4. The number of carbonyl (C=O) groups is 2. The average Bonchev–Trinajstić information content (AvgIpc) is 3.53. The summed E-state index contributed by atoms with van der Waals surface area (Å²) < 4.78 is 25.3. The molecular weight excluding hydrogens is 650 g/mol. The summed E-state index contributed by atoms with van der Waals surface area (Å²) in [4.78, 5) is 34.4. The summed E-state index contributed by atoms with van der Waals surface area (Å²) in [6.07, 6.45) is 4.91.